The van der Waals surface area contributed by atoms with Crippen LogP contribution >= 0.6 is 0 Å². The minimum absolute atomic E-state index is 0.00536. The summed E-state index contributed by atoms with van der Waals surface area (Å²) < 4.78 is 14.9. The minimum atomic E-state index is -0.485. The van der Waals surface area contributed by atoms with E-state index in [-0.39, 0.29) is 23.8 Å². The molecule has 1 aromatic carbocycles. The number of carbonyl (C=O) groups excluding carboxylic acids is 1. The van der Waals surface area contributed by atoms with Crippen LogP contribution in [0.1, 0.15) is 25.0 Å². The van der Waals surface area contributed by atoms with Crippen molar-refractivity contribution < 1.29 is 9.18 Å². The van der Waals surface area contributed by atoms with E-state index in [1.54, 1.807) is 4.68 Å². The van der Waals surface area contributed by atoms with Crippen molar-refractivity contribution in [3.63, 3.8) is 0 Å². The maximum atomic E-state index is 13.1. The van der Waals surface area contributed by atoms with Gasteiger partial charge in [0, 0.05) is 42.1 Å². The van der Waals surface area contributed by atoms with Crippen molar-refractivity contribution in [2.45, 2.75) is 31.2 Å². The molecular formula is C22H24FN5O. The fourth-order valence-corrected chi connectivity index (χ4v) is 4.55. The number of pyridine rings is 1. The van der Waals surface area contributed by atoms with Crippen LogP contribution in [-0.4, -0.2) is 39.4 Å². The van der Waals surface area contributed by atoms with Crippen molar-refractivity contribution in [1.29, 1.82) is 0 Å². The van der Waals surface area contributed by atoms with Gasteiger partial charge in [-0.25, -0.2) is 4.98 Å². The Morgan fingerprint density at radius 3 is 2.83 bits per heavy atom. The van der Waals surface area contributed by atoms with Gasteiger partial charge in [0.25, 0.3) is 0 Å². The van der Waals surface area contributed by atoms with Gasteiger partial charge in [-0.2, -0.15) is 5.10 Å². The molecule has 7 heteroatoms. The Hall–Kier alpha value is -2.80. The number of benzene rings is 1. The van der Waals surface area contributed by atoms with Gasteiger partial charge in [-0.3, -0.25) is 13.9 Å². The highest BCUT2D eigenvalue weighted by Crippen LogP contribution is 2.44. The normalized spacial score (nSPS) is 23.0. The summed E-state index contributed by atoms with van der Waals surface area (Å²) >= 11 is 0. The molecule has 1 aliphatic carbocycles. The number of nitrogens with zero attached hydrogens (tertiary/aromatic N) is 3. The first-order valence-electron chi connectivity index (χ1n) is 10.1. The molecule has 5 rings (SSSR count). The highest BCUT2D eigenvalue weighted by atomic mass is 19.1. The zero-order chi connectivity index (χ0) is 20.0. The van der Waals surface area contributed by atoms with Gasteiger partial charge in [0.2, 0.25) is 5.91 Å². The van der Waals surface area contributed by atoms with E-state index in [0.717, 1.165) is 47.7 Å². The van der Waals surface area contributed by atoms with Crippen LogP contribution in [0, 0.1) is 5.92 Å². The summed E-state index contributed by atoms with van der Waals surface area (Å²) in [5.74, 6) is 0.522. The number of anilines is 1. The zero-order valence-corrected chi connectivity index (χ0v) is 16.4. The first-order valence-corrected chi connectivity index (χ1v) is 10.1. The maximum absolute atomic E-state index is 13.1. The van der Waals surface area contributed by atoms with E-state index in [2.05, 4.69) is 20.7 Å². The summed E-state index contributed by atoms with van der Waals surface area (Å²) in [7, 11) is 1.88. The van der Waals surface area contributed by atoms with E-state index in [1.165, 1.54) is 0 Å². The Morgan fingerprint density at radius 2 is 2.17 bits per heavy atom. The van der Waals surface area contributed by atoms with Gasteiger partial charge in [0.1, 0.15) is 5.82 Å². The van der Waals surface area contributed by atoms with Crippen molar-refractivity contribution in [3.05, 3.63) is 42.4 Å². The van der Waals surface area contributed by atoms with E-state index in [1.807, 2.05) is 43.7 Å². The molecule has 2 fully saturated rings. The summed E-state index contributed by atoms with van der Waals surface area (Å²) in [4.78, 5) is 17.2. The molecule has 0 radical (unpaired) electrons. The molecule has 0 bridgehead atoms. The van der Waals surface area contributed by atoms with Gasteiger partial charge in [0.05, 0.1) is 18.6 Å². The van der Waals surface area contributed by atoms with Crippen molar-refractivity contribution in [3.8, 4) is 11.1 Å². The number of carbonyl (C=O) groups is 1. The summed E-state index contributed by atoms with van der Waals surface area (Å²) in [6.45, 7) is 0.563. The number of aryl methyl sites for hydroxylation is 2. The third-order valence-corrected chi connectivity index (χ3v) is 6.28. The molecule has 2 N–H and O–H groups in total. The molecular weight excluding hydrogens is 369 g/mol. The molecule has 2 aliphatic rings. The molecule has 1 saturated heterocycles. The van der Waals surface area contributed by atoms with E-state index in [9.17, 15) is 9.18 Å². The van der Waals surface area contributed by atoms with Crippen LogP contribution in [0.3, 0.4) is 0 Å². The number of rotatable bonds is 5. The lowest BCUT2D eigenvalue weighted by atomic mass is 9.63. The molecule has 1 aliphatic heterocycles. The minimum Gasteiger partial charge on any atom is -0.311 e. The van der Waals surface area contributed by atoms with Gasteiger partial charge < -0.3 is 10.6 Å². The fourth-order valence-electron chi connectivity index (χ4n) is 4.55. The molecule has 29 heavy (non-hydrogen) atoms. The Labute approximate surface area is 168 Å². The van der Waals surface area contributed by atoms with E-state index in [0.29, 0.717) is 11.5 Å². The van der Waals surface area contributed by atoms with Gasteiger partial charge in [-0.05, 0) is 48.9 Å². The summed E-state index contributed by atoms with van der Waals surface area (Å²) in [6.07, 6.45) is 6.92. The molecule has 3 heterocycles. The maximum Gasteiger partial charge on any atom is 0.228 e. The van der Waals surface area contributed by atoms with Crippen LogP contribution in [-0.2, 0) is 18.3 Å². The quantitative estimate of drug-likeness (QED) is 0.698. The first kappa shape index (κ1) is 18.2. The zero-order valence-electron chi connectivity index (χ0n) is 16.4. The molecule has 0 atom stereocenters. The Morgan fingerprint density at radius 1 is 1.34 bits per heavy atom. The average molecular weight is 393 g/mol. The summed E-state index contributed by atoms with van der Waals surface area (Å²) in [5, 5.41) is 12.5. The average Bonchev–Trinajstić information content (AvgIpc) is 3.05. The molecule has 150 valence electrons. The molecule has 6 nitrogen and oxygen atoms in total. The number of halogens is 1. The third-order valence-electron chi connectivity index (χ3n) is 6.28. The highest BCUT2D eigenvalue weighted by Gasteiger charge is 2.50. The second-order valence-electron chi connectivity index (χ2n) is 8.28. The Balaban J connectivity index is 1.43. The topological polar surface area (TPSA) is 71.8 Å². The molecule has 1 saturated carbocycles. The van der Waals surface area contributed by atoms with Crippen LogP contribution in [0.2, 0.25) is 0 Å². The second-order valence-corrected chi connectivity index (χ2v) is 8.28. The largest absolute Gasteiger partial charge is 0.311 e. The lowest BCUT2D eigenvalue weighted by Gasteiger charge is -2.54. The van der Waals surface area contributed by atoms with E-state index < -0.39 is 6.67 Å². The van der Waals surface area contributed by atoms with Gasteiger partial charge in [0.15, 0.2) is 0 Å². The van der Waals surface area contributed by atoms with E-state index >= 15 is 0 Å². The first-order chi connectivity index (χ1) is 14.0. The van der Waals surface area contributed by atoms with Crippen molar-refractivity contribution in [1.82, 2.24) is 20.1 Å². The van der Waals surface area contributed by atoms with Crippen molar-refractivity contribution in [2.24, 2.45) is 13.0 Å². The lowest BCUT2D eigenvalue weighted by Crippen LogP contribution is -2.65. The summed E-state index contributed by atoms with van der Waals surface area (Å²) in [6, 6.07) is 7.90. The molecule has 2 aromatic heterocycles. The van der Waals surface area contributed by atoms with Crippen LogP contribution in [0.5, 0.6) is 0 Å². The number of hydrogen-bond acceptors (Lipinski definition) is 4. The molecule has 0 unspecified atom stereocenters. The highest BCUT2D eigenvalue weighted by molar-refractivity contribution is 5.96. The van der Waals surface area contributed by atoms with Gasteiger partial charge in [-0.1, -0.05) is 12.1 Å². The van der Waals surface area contributed by atoms with Gasteiger partial charge in [-0.15, -0.1) is 0 Å². The van der Waals surface area contributed by atoms with Crippen LogP contribution < -0.4 is 10.6 Å². The SMILES string of the molecule is Cn1cc(-c2ccc3c(CCF)nc(NC(=O)C4CC5(CCN5)C4)cc3c2)cn1. The number of nitrogens with one attached hydrogen (secondary N) is 2. The fraction of sp³-hybridized carbons (Fsp3) is 0.409. The number of aromatic nitrogens is 3. The second kappa shape index (κ2) is 6.91. The van der Waals surface area contributed by atoms with Crippen molar-refractivity contribution >= 4 is 22.5 Å². The van der Waals surface area contributed by atoms with Gasteiger partial charge >= 0.3 is 0 Å². The van der Waals surface area contributed by atoms with Crippen LogP contribution in [0.4, 0.5) is 10.2 Å². The smallest absolute Gasteiger partial charge is 0.228 e. The van der Waals surface area contributed by atoms with Crippen LogP contribution in [0.25, 0.3) is 21.9 Å². The number of fused-ring (bicyclic) bond motifs is 1. The van der Waals surface area contributed by atoms with E-state index in [4.69, 9.17) is 0 Å². The molecule has 1 spiro atoms. The van der Waals surface area contributed by atoms with Crippen LogP contribution in [0.15, 0.2) is 36.7 Å². The lowest BCUT2D eigenvalue weighted by molar-refractivity contribution is -0.126. The van der Waals surface area contributed by atoms with Crippen molar-refractivity contribution in [2.75, 3.05) is 18.5 Å². The predicted octanol–water partition coefficient (Wildman–Crippen LogP) is 3.23. The molecule has 3 aromatic rings. The number of hydrogen-bond donors (Lipinski definition) is 2. The number of amides is 1. The predicted molar refractivity (Wildman–Crippen MR) is 110 cm³/mol. The number of alkyl halides is 1. The standard InChI is InChI=1S/C22H24FN5O/c1-28-13-17(12-25-28)14-2-3-18-15(8-14)9-20(26-19(18)4-6-23)27-21(29)16-10-22(11-16)5-7-24-22/h2-3,8-9,12-13,16,24H,4-7,10-11H2,1H3,(H,26,27,29). The monoisotopic (exact) mass is 393 g/mol. The molecule has 1 amide bonds. The Bertz CT molecular complexity index is 1080. The Kier molecular flexibility index (Phi) is 4.35. The summed E-state index contributed by atoms with van der Waals surface area (Å²) in [5.41, 5.74) is 2.91. The third kappa shape index (κ3) is 3.29.